The van der Waals surface area contributed by atoms with E-state index in [9.17, 15) is 0 Å². The molecule has 16 heavy (non-hydrogen) atoms. The number of para-hydroxylation sites is 1. The monoisotopic (exact) mass is 236 g/mol. The molecule has 2 nitrogen and oxygen atoms in total. The van der Waals surface area contributed by atoms with Gasteiger partial charge in [-0.15, -0.1) is 6.58 Å². The summed E-state index contributed by atoms with van der Waals surface area (Å²) in [6.45, 7) is 10.8. The SMILES string of the molecule is C=C[Si](C)(OCC(C)C)Oc1ccccc1. The Morgan fingerprint density at radius 2 is 1.94 bits per heavy atom. The Balaban J connectivity index is 2.63. The van der Waals surface area contributed by atoms with E-state index in [1.54, 1.807) is 0 Å². The van der Waals surface area contributed by atoms with Gasteiger partial charge in [0.15, 0.2) is 0 Å². The van der Waals surface area contributed by atoms with Crippen molar-refractivity contribution in [2.24, 2.45) is 5.92 Å². The summed E-state index contributed by atoms with van der Waals surface area (Å²) in [7, 11) is -2.26. The van der Waals surface area contributed by atoms with Gasteiger partial charge >= 0.3 is 8.56 Å². The molecular formula is C13H20O2Si. The van der Waals surface area contributed by atoms with Crippen molar-refractivity contribution in [3.05, 3.63) is 42.6 Å². The molecule has 0 aliphatic heterocycles. The van der Waals surface area contributed by atoms with E-state index in [1.807, 2.05) is 42.6 Å². The second-order valence-electron chi connectivity index (χ2n) is 4.34. The Morgan fingerprint density at radius 3 is 2.44 bits per heavy atom. The Labute approximate surface area is 99.2 Å². The van der Waals surface area contributed by atoms with Gasteiger partial charge in [0, 0.05) is 6.61 Å². The molecule has 0 spiro atoms. The molecule has 0 saturated heterocycles. The van der Waals surface area contributed by atoms with E-state index in [4.69, 9.17) is 8.85 Å². The largest absolute Gasteiger partial charge is 0.518 e. The molecule has 0 radical (unpaired) electrons. The molecule has 1 atom stereocenters. The van der Waals surface area contributed by atoms with Gasteiger partial charge in [0.2, 0.25) is 0 Å². The summed E-state index contributed by atoms with van der Waals surface area (Å²) >= 11 is 0. The zero-order valence-corrected chi connectivity index (χ0v) is 11.3. The van der Waals surface area contributed by atoms with Gasteiger partial charge in [-0.25, -0.2) is 0 Å². The highest BCUT2D eigenvalue weighted by Gasteiger charge is 2.30. The minimum atomic E-state index is -2.26. The fourth-order valence-corrected chi connectivity index (χ4v) is 2.71. The average molecular weight is 236 g/mol. The molecule has 0 saturated carbocycles. The topological polar surface area (TPSA) is 18.5 Å². The molecular weight excluding hydrogens is 216 g/mol. The summed E-state index contributed by atoms with van der Waals surface area (Å²) in [6, 6.07) is 9.75. The zero-order valence-electron chi connectivity index (χ0n) is 10.3. The molecule has 1 rings (SSSR count). The quantitative estimate of drug-likeness (QED) is 0.703. The van der Waals surface area contributed by atoms with Crippen molar-refractivity contribution in [1.82, 2.24) is 0 Å². The van der Waals surface area contributed by atoms with Crippen LogP contribution in [0.2, 0.25) is 6.55 Å². The fraction of sp³-hybridized carbons (Fsp3) is 0.385. The van der Waals surface area contributed by atoms with Gasteiger partial charge < -0.3 is 8.85 Å². The number of hydrogen-bond acceptors (Lipinski definition) is 2. The van der Waals surface area contributed by atoms with E-state index in [1.165, 1.54) is 0 Å². The molecule has 0 N–H and O–H groups in total. The minimum Gasteiger partial charge on any atom is -0.518 e. The van der Waals surface area contributed by atoms with Crippen LogP contribution in [0, 0.1) is 5.92 Å². The molecule has 0 aliphatic carbocycles. The maximum atomic E-state index is 5.90. The molecule has 1 unspecified atom stereocenters. The molecule has 1 aromatic rings. The highest BCUT2D eigenvalue weighted by Crippen LogP contribution is 2.17. The zero-order chi connectivity index (χ0) is 12.0. The molecule has 88 valence electrons. The lowest BCUT2D eigenvalue weighted by Crippen LogP contribution is -2.41. The van der Waals surface area contributed by atoms with Crippen LogP contribution in [-0.4, -0.2) is 15.2 Å². The third kappa shape index (κ3) is 4.21. The predicted octanol–water partition coefficient (Wildman–Crippen LogP) is 3.54. The normalized spacial score (nSPS) is 14.5. The Bertz CT molecular complexity index is 324. The lowest BCUT2D eigenvalue weighted by atomic mass is 10.2. The van der Waals surface area contributed by atoms with Gasteiger partial charge in [-0.2, -0.15) is 0 Å². The molecule has 0 heterocycles. The summed E-state index contributed by atoms with van der Waals surface area (Å²) in [5.41, 5.74) is 1.82. The number of hydrogen-bond donors (Lipinski definition) is 0. The third-order valence-corrected chi connectivity index (χ3v) is 4.26. The van der Waals surface area contributed by atoms with Crippen molar-refractivity contribution in [3.8, 4) is 5.75 Å². The van der Waals surface area contributed by atoms with Crippen molar-refractivity contribution in [3.63, 3.8) is 0 Å². The van der Waals surface area contributed by atoms with E-state index >= 15 is 0 Å². The van der Waals surface area contributed by atoms with Gasteiger partial charge in [0.1, 0.15) is 5.75 Å². The fourth-order valence-electron chi connectivity index (χ4n) is 1.18. The van der Waals surface area contributed by atoms with Crippen LogP contribution >= 0.6 is 0 Å². The van der Waals surface area contributed by atoms with Crippen LogP contribution in [0.1, 0.15) is 13.8 Å². The van der Waals surface area contributed by atoms with E-state index < -0.39 is 8.56 Å². The highest BCUT2D eigenvalue weighted by atomic mass is 28.4. The van der Waals surface area contributed by atoms with Crippen LogP contribution in [0.5, 0.6) is 5.75 Å². The highest BCUT2D eigenvalue weighted by molar-refractivity contribution is 6.71. The van der Waals surface area contributed by atoms with Gasteiger partial charge in [-0.05, 0) is 30.3 Å². The van der Waals surface area contributed by atoms with Crippen molar-refractivity contribution in [2.75, 3.05) is 6.61 Å². The summed E-state index contributed by atoms with van der Waals surface area (Å²) in [5.74, 6) is 1.35. The van der Waals surface area contributed by atoms with Crippen LogP contribution in [0.4, 0.5) is 0 Å². The predicted molar refractivity (Wildman–Crippen MR) is 69.7 cm³/mol. The van der Waals surface area contributed by atoms with Crippen LogP contribution < -0.4 is 4.43 Å². The summed E-state index contributed by atoms with van der Waals surface area (Å²) in [5, 5.41) is 0. The van der Waals surface area contributed by atoms with E-state index in [0.717, 1.165) is 5.75 Å². The number of benzene rings is 1. The Kier molecular flexibility index (Phi) is 4.77. The first kappa shape index (κ1) is 13.0. The molecule has 0 bridgehead atoms. The van der Waals surface area contributed by atoms with Gasteiger partial charge in [-0.3, -0.25) is 0 Å². The molecule has 0 aliphatic rings. The minimum absolute atomic E-state index is 0.506. The van der Waals surface area contributed by atoms with Gasteiger partial charge in [0.25, 0.3) is 0 Å². The van der Waals surface area contributed by atoms with Crippen LogP contribution in [0.3, 0.4) is 0 Å². The second kappa shape index (κ2) is 5.87. The van der Waals surface area contributed by atoms with E-state index in [0.29, 0.717) is 12.5 Å². The molecule has 0 amide bonds. The Morgan fingerprint density at radius 1 is 1.31 bits per heavy atom. The Hall–Kier alpha value is -1.06. The first-order chi connectivity index (χ1) is 7.56. The summed E-state index contributed by atoms with van der Waals surface area (Å²) in [6.07, 6.45) is 0. The molecule has 3 heteroatoms. The smallest absolute Gasteiger partial charge is 0.422 e. The lowest BCUT2D eigenvalue weighted by Gasteiger charge is -2.25. The first-order valence-electron chi connectivity index (χ1n) is 5.57. The maximum Gasteiger partial charge on any atom is 0.422 e. The van der Waals surface area contributed by atoms with Crippen molar-refractivity contribution in [2.45, 2.75) is 20.4 Å². The average Bonchev–Trinajstić information content (AvgIpc) is 2.28. The van der Waals surface area contributed by atoms with E-state index in [2.05, 4.69) is 20.4 Å². The third-order valence-electron chi connectivity index (χ3n) is 2.14. The van der Waals surface area contributed by atoms with Crippen molar-refractivity contribution in [1.29, 1.82) is 0 Å². The lowest BCUT2D eigenvalue weighted by molar-refractivity contribution is 0.220. The van der Waals surface area contributed by atoms with Crippen LogP contribution in [0.15, 0.2) is 42.6 Å². The van der Waals surface area contributed by atoms with E-state index in [-0.39, 0.29) is 0 Å². The summed E-state index contributed by atoms with van der Waals surface area (Å²) < 4.78 is 11.7. The van der Waals surface area contributed by atoms with Gasteiger partial charge in [0.05, 0.1) is 0 Å². The van der Waals surface area contributed by atoms with Crippen LogP contribution in [-0.2, 0) is 4.43 Å². The second-order valence-corrected chi connectivity index (χ2v) is 7.27. The molecule has 1 aromatic carbocycles. The van der Waals surface area contributed by atoms with Crippen molar-refractivity contribution >= 4 is 8.56 Å². The maximum absolute atomic E-state index is 5.90. The number of rotatable bonds is 6. The standard InChI is InChI=1S/C13H20O2Si/c1-5-16(4,14-11-12(2)3)15-13-9-7-6-8-10-13/h5-10,12H,1,11H2,2-4H3. The van der Waals surface area contributed by atoms with Crippen molar-refractivity contribution < 1.29 is 8.85 Å². The summed E-state index contributed by atoms with van der Waals surface area (Å²) in [4.78, 5) is 0. The van der Waals surface area contributed by atoms with Crippen LogP contribution in [0.25, 0.3) is 0 Å². The molecule has 0 fully saturated rings. The first-order valence-corrected chi connectivity index (χ1v) is 7.97. The van der Waals surface area contributed by atoms with Gasteiger partial charge in [-0.1, -0.05) is 32.0 Å². The molecule has 0 aromatic heterocycles.